The van der Waals surface area contributed by atoms with Crippen LogP contribution in [0.25, 0.3) is 0 Å². The summed E-state index contributed by atoms with van der Waals surface area (Å²) in [6.45, 7) is 5.76. The van der Waals surface area contributed by atoms with Crippen LogP contribution in [-0.4, -0.2) is 42.9 Å². The van der Waals surface area contributed by atoms with E-state index < -0.39 is 0 Å². The predicted octanol–water partition coefficient (Wildman–Crippen LogP) is 4.35. The molecule has 7 heteroatoms. The van der Waals surface area contributed by atoms with E-state index in [1.165, 1.54) is 6.42 Å². The van der Waals surface area contributed by atoms with Crippen LogP contribution in [-0.2, 0) is 4.79 Å². The lowest BCUT2D eigenvalue weighted by molar-refractivity contribution is -0.117. The maximum atomic E-state index is 12.9. The molecule has 1 aromatic rings. The zero-order chi connectivity index (χ0) is 19.2. The molecule has 28 heavy (non-hydrogen) atoms. The first-order valence-electron chi connectivity index (χ1n) is 10.1. The summed E-state index contributed by atoms with van der Waals surface area (Å²) in [5, 5.41) is 6.84. The van der Waals surface area contributed by atoms with Gasteiger partial charge in [0.1, 0.15) is 0 Å². The number of rotatable bonds is 5. The number of hydrogen-bond donors (Lipinski definition) is 2. The third-order valence-electron chi connectivity index (χ3n) is 5.83. The zero-order valence-corrected chi connectivity index (χ0v) is 18.1. The minimum Gasteiger partial charge on any atom is -0.339 e. The highest BCUT2D eigenvalue weighted by molar-refractivity contribution is 6.31. The number of nitrogens with zero attached hydrogens (tertiary/aromatic N) is 1. The van der Waals surface area contributed by atoms with Gasteiger partial charge in [0.2, 0.25) is 5.91 Å². The maximum absolute atomic E-state index is 12.9. The lowest BCUT2D eigenvalue weighted by Gasteiger charge is -2.28. The molecule has 2 aliphatic heterocycles. The Morgan fingerprint density at radius 1 is 1.21 bits per heavy atom. The normalized spacial score (nSPS) is 18.9. The lowest BCUT2D eigenvalue weighted by Crippen LogP contribution is -2.36. The number of anilines is 1. The standard InChI is InChI=1S/C21H30ClN3O2.ClH/c1-15(16-7-9-23-10-8-16)13-20(26)24-19-14-17(22)5-6-18(19)21(27)25-11-3-2-4-12-25;/h5-6,14-16,23H,2-4,7-13H2,1H3,(H,24,26);1H. The van der Waals surface area contributed by atoms with Gasteiger partial charge in [-0.3, -0.25) is 9.59 Å². The molecular formula is C21H31Cl2N3O2. The Hall–Kier alpha value is -1.30. The molecule has 0 aliphatic carbocycles. The fourth-order valence-corrected chi connectivity index (χ4v) is 4.32. The molecule has 0 radical (unpaired) electrons. The first kappa shape index (κ1) is 23.0. The second-order valence-electron chi connectivity index (χ2n) is 7.86. The molecular weight excluding hydrogens is 397 g/mol. The number of carbonyl (C=O) groups excluding carboxylic acids is 2. The van der Waals surface area contributed by atoms with Crippen LogP contribution in [0.2, 0.25) is 5.02 Å². The summed E-state index contributed by atoms with van der Waals surface area (Å²) in [4.78, 5) is 27.4. The van der Waals surface area contributed by atoms with E-state index in [0.29, 0.717) is 34.5 Å². The number of benzene rings is 1. The van der Waals surface area contributed by atoms with Gasteiger partial charge in [-0.05, 0) is 75.2 Å². The second-order valence-corrected chi connectivity index (χ2v) is 8.30. The average Bonchev–Trinajstić information content (AvgIpc) is 2.69. The van der Waals surface area contributed by atoms with Gasteiger partial charge in [0.05, 0.1) is 11.3 Å². The van der Waals surface area contributed by atoms with E-state index in [-0.39, 0.29) is 24.2 Å². The summed E-state index contributed by atoms with van der Waals surface area (Å²) in [5.74, 6) is 0.836. The second kappa shape index (κ2) is 11.0. The SMILES string of the molecule is CC(CC(=O)Nc1cc(Cl)ccc1C(=O)N1CCCCC1)C1CCNCC1.Cl. The van der Waals surface area contributed by atoms with E-state index >= 15 is 0 Å². The van der Waals surface area contributed by atoms with E-state index in [2.05, 4.69) is 17.6 Å². The van der Waals surface area contributed by atoms with E-state index in [0.717, 1.165) is 51.9 Å². The minimum absolute atomic E-state index is 0. The molecule has 156 valence electrons. The predicted molar refractivity (Wildman–Crippen MR) is 116 cm³/mol. The summed E-state index contributed by atoms with van der Waals surface area (Å²) < 4.78 is 0. The summed E-state index contributed by atoms with van der Waals surface area (Å²) in [5.41, 5.74) is 1.06. The summed E-state index contributed by atoms with van der Waals surface area (Å²) in [6.07, 6.45) is 5.94. The minimum atomic E-state index is -0.0454. The first-order valence-corrected chi connectivity index (χ1v) is 10.5. The van der Waals surface area contributed by atoms with Gasteiger partial charge in [-0.2, -0.15) is 0 Å². The fourth-order valence-electron chi connectivity index (χ4n) is 4.15. The molecule has 2 amide bonds. The monoisotopic (exact) mass is 427 g/mol. The van der Waals surface area contributed by atoms with Crippen molar-refractivity contribution in [3.05, 3.63) is 28.8 Å². The third kappa shape index (κ3) is 6.10. The number of likely N-dealkylation sites (tertiary alicyclic amines) is 1. The fraction of sp³-hybridized carbons (Fsp3) is 0.619. The van der Waals surface area contributed by atoms with Gasteiger partial charge in [-0.15, -0.1) is 12.4 Å². The maximum Gasteiger partial charge on any atom is 0.255 e. The van der Waals surface area contributed by atoms with Crippen LogP contribution in [0.5, 0.6) is 0 Å². The Balaban J connectivity index is 0.00000280. The van der Waals surface area contributed by atoms with Crippen molar-refractivity contribution in [2.45, 2.75) is 45.4 Å². The van der Waals surface area contributed by atoms with Gasteiger partial charge in [-0.25, -0.2) is 0 Å². The van der Waals surface area contributed by atoms with Crippen LogP contribution in [0.15, 0.2) is 18.2 Å². The molecule has 5 nitrogen and oxygen atoms in total. The number of halogens is 2. The Morgan fingerprint density at radius 3 is 2.57 bits per heavy atom. The molecule has 0 bridgehead atoms. The molecule has 3 rings (SSSR count). The van der Waals surface area contributed by atoms with Crippen LogP contribution < -0.4 is 10.6 Å². The number of amides is 2. The molecule has 1 atom stereocenters. The average molecular weight is 428 g/mol. The molecule has 1 unspecified atom stereocenters. The van der Waals surface area contributed by atoms with E-state index in [1.54, 1.807) is 18.2 Å². The van der Waals surface area contributed by atoms with Crippen LogP contribution in [0, 0.1) is 11.8 Å². The number of carbonyl (C=O) groups is 2. The number of piperidine rings is 2. The van der Waals surface area contributed by atoms with Gasteiger partial charge in [0.25, 0.3) is 5.91 Å². The van der Waals surface area contributed by atoms with Crippen LogP contribution in [0.3, 0.4) is 0 Å². The topological polar surface area (TPSA) is 61.4 Å². The lowest BCUT2D eigenvalue weighted by atomic mass is 9.84. The van der Waals surface area contributed by atoms with Crippen molar-refractivity contribution in [3.63, 3.8) is 0 Å². The Labute approximate surface area is 179 Å². The molecule has 0 aromatic heterocycles. The van der Waals surface area contributed by atoms with Crippen molar-refractivity contribution in [2.75, 3.05) is 31.5 Å². The van der Waals surface area contributed by atoms with Crippen molar-refractivity contribution in [1.29, 1.82) is 0 Å². The van der Waals surface area contributed by atoms with E-state index in [4.69, 9.17) is 11.6 Å². The van der Waals surface area contributed by atoms with Crippen molar-refractivity contribution in [1.82, 2.24) is 10.2 Å². The van der Waals surface area contributed by atoms with E-state index in [1.807, 2.05) is 4.90 Å². The van der Waals surface area contributed by atoms with Crippen molar-refractivity contribution < 1.29 is 9.59 Å². The summed E-state index contributed by atoms with van der Waals surface area (Å²) in [6, 6.07) is 5.13. The van der Waals surface area contributed by atoms with Gasteiger partial charge in [-0.1, -0.05) is 18.5 Å². The third-order valence-corrected chi connectivity index (χ3v) is 6.06. The van der Waals surface area contributed by atoms with Crippen LogP contribution >= 0.6 is 24.0 Å². The molecule has 0 spiro atoms. The van der Waals surface area contributed by atoms with Gasteiger partial charge >= 0.3 is 0 Å². The van der Waals surface area contributed by atoms with Crippen LogP contribution in [0.1, 0.15) is 55.8 Å². The largest absolute Gasteiger partial charge is 0.339 e. The molecule has 2 fully saturated rings. The Kier molecular flexibility index (Phi) is 9.06. The first-order chi connectivity index (χ1) is 13.0. The Bertz CT molecular complexity index is 672. The molecule has 1 aromatic carbocycles. The quantitative estimate of drug-likeness (QED) is 0.733. The van der Waals surface area contributed by atoms with E-state index in [9.17, 15) is 9.59 Å². The van der Waals surface area contributed by atoms with Gasteiger partial charge < -0.3 is 15.5 Å². The van der Waals surface area contributed by atoms with Crippen molar-refractivity contribution in [3.8, 4) is 0 Å². The Morgan fingerprint density at radius 2 is 1.89 bits per heavy atom. The molecule has 2 N–H and O–H groups in total. The summed E-state index contributed by atoms with van der Waals surface area (Å²) in [7, 11) is 0. The van der Waals surface area contributed by atoms with Gasteiger partial charge in [0, 0.05) is 24.5 Å². The number of hydrogen-bond acceptors (Lipinski definition) is 3. The van der Waals surface area contributed by atoms with Gasteiger partial charge in [0.15, 0.2) is 0 Å². The van der Waals surface area contributed by atoms with Crippen molar-refractivity contribution >= 4 is 41.5 Å². The van der Waals surface area contributed by atoms with Crippen LogP contribution in [0.4, 0.5) is 5.69 Å². The molecule has 0 saturated carbocycles. The molecule has 2 aliphatic rings. The highest BCUT2D eigenvalue weighted by Crippen LogP contribution is 2.27. The zero-order valence-electron chi connectivity index (χ0n) is 16.5. The highest BCUT2D eigenvalue weighted by Gasteiger charge is 2.24. The number of nitrogens with one attached hydrogen (secondary N) is 2. The molecule has 2 saturated heterocycles. The summed E-state index contributed by atoms with van der Waals surface area (Å²) >= 11 is 6.14. The highest BCUT2D eigenvalue weighted by atomic mass is 35.5. The smallest absolute Gasteiger partial charge is 0.255 e. The molecule has 2 heterocycles. The van der Waals surface area contributed by atoms with Crippen molar-refractivity contribution in [2.24, 2.45) is 11.8 Å².